The lowest BCUT2D eigenvalue weighted by molar-refractivity contribution is -0.138. The van der Waals surface area contributed by atoms with E-state index in [0.29, 0.717) is 6.42 Å². The Kier molecular flexibility index (Phi) is 6.90. The van der Waals surface area contributed by atoms with Gasteiger partial charge in [-0.05, 0) is 35.3 Å². The molecule has 3 nitrogen and oxygen atoms in total. The van der Waals surface area contributed by atoms with Crippen molar-refractivity contribution in [3.63, 3.8) is 0 Å². The zero-order valence-corrected chi connectivity index (χ0v) is 16.5. The molecule has 0 aliphatic rings. The zero-order chi connectivity index (χ0) is 19.8. The Bertz CT molecular complexity index is 772. The molecule has 3 rings (SSSR count). The van der Waals surface area contributed by atoms with E-state index in [0.717, 1.165) is 12.2 Å². The van der Waals surface area contributed by atoms with Crippen LogP contribution in [0.15, 0.2) is 91.0 Å². The minimum atomic E-state index is -0.939. The first-order chi connectivity index (χ1) is 13.6. The third kappa shape index (κ3) is 4.46. The number of benzene rings is 3. The summed E-state index contributed by atoms with van der Waals surface area (Å²) in [6, 6.07) is 30.7. The van der Waals surface area contributed by atoms with Gasteiger partial charge in [-0.2, -0.15) is 0 Å². The number of aliphatic carboxylic acids is 1. The fourth-order valence-corrected chi connectivity index (χ4v) is 4.95. The van der Waals surface area contributed by atoms with Crippen LogP contribution < -0.4 is 5.73 Å². The number of hydrogen-bond donors (Lipinski definition) is 2. The fourth-order valence-electron chi connectivity index (χ4n) is 3.42. The number of hydrogen-bond acceptors (Lipinski definition) is 3. The van der Waals surface area contributed by atoms with Crippen molar-refractivity contribution < 1.29 is 9.90 Å². The quantitative estimate of drug-likeness (QED) is 0.402. The molecule has 1 atom stereocenters. The number of rotatable bonds is 9. The maximum Gasteiger partial charge on any atom is 0.320 e. The van der Waals surface area contributed by atoms with Crippen molar-refractivity contribution in [2.75, 3.05) is 5.75 Å². The third-order valence-electron chi connectivity index (χ3n) is 4.84. The van der Waals surface area contributed by atoms with Gasteiger partial charge in [-0.15, -0.1) is 11.8 Å². The molecule has 0 spiro atoms. The van der Waals surface area contributed by atoms with E-state index >= 15 is 0 Å². The fraction of sp³-hybridized carbons (Fsp3) is 0.208. The summed E-state index contributed by atoms with van der Waals surface area (Å²) < 4.78 is -0.364. The second-order valence-corrected chi connectivity index (χ2v) is 8.02. The minimum Gasteiger partial charge on any atom is -0.480 e. The molecule has 0 aromatic heterocycles. The van der Waals surface area contributed by atoms with E-state index in [9.17, 15) is 4.79 Å². The lowest BCUT2D eigenvalue weighted by atomic mass is 9.84. The van der Waals surface area contributed by atoms with Crippen LogP contribution in [0, 0.1) is 0 Å². The van der Waals surface area contributed by atoms with Crippen LogP contribution in [0.4, 0.5) is 0 Å². The molecule has 0 bridgehead atoms. The number of carbonyl (C=O) groups is 1. The number of carboxylic acid groups (broad SMARTS) is 1. The van der Waals surface area contributed by atoms with Gasteiger partial charge in [-0.3, -0.25) is 4.79 Å². The summed E-state index contributed by atoms with van der Waals surface area (Å²) in [5.41, 5.74) is 9.32. The highest BCUT2D eigenvalue weighted by molar-refractivity contribution is 8.00. The molecule has 28 heavy (non-hydrogen) atoms. The standard InChI is InChI=1S/C24H25NO2S/c25-22(23(26)27)17-10-18-28-24(19-11-4-1-5-12-19,20-13-6-2-7-14-20)21-15-8-3-9-16-21/h1-9,11-16,22H,10,17-18,25H2,(H,26,27)/t22-/m0/s1. The van der Waals surface area contributed by atoms with Gasteiger partial charge in [-0.25, -0.2) is 0 Å². The smallest absolute Gasteiger partial charge is 0.320 e. The monoisotopic (exact) mass is 391 g/mol. The average molecular weight is 392 g/mol. The van der Waals surface area contributed by atoms with Crippen molar-refractivity contribution >= 4 is 17.7 Å². The highest BCUT2D eigenvalue weighted by Gasteiger charge is 2.36. The first kappa shape index (κ1) is 20.2. The molecule has 0 heterocycles. The molecular weight excluding hydrogens is 366 g/mol. The normalized spacial score (nSPS) is 12.5. The summed E-state index contributed by atoms with van der Waals surface area (Å²) in [5, 5.41) is 9.04. The highest BCUT2D eigenvalue weighted by atomic mass is 32.2. The van der Waals surface area contributed by atoms with Gasteiger partial charge in [0.05, 0.1) is 4.75 Å². The average Bonchev–Trinajstić information content (AvgIpc) is 2.75. The predicted molar refractivity (Wildman–Crippen MR) is 117 cm³/mol. The van der Waals surface area contributed by atoms with Crippen LogP contribution >= 0.6 is 11.8 Å². The summed E-state index contributed by atoms with van der Waals surface area (Å²) in [4.78, 5) is 11.0. The van der Waals surface area contributed by atoms with Crippen molar-refractivity contribution in [2.24, 2.45) is 5.73 Å². The first-order valence-corrected chi connectivity index (χ1v) is 10.4. The second kappa shape index (κ2) is 9.58. The van der Waals surface area contributed by atoms with Gasteiger partial charge in [0.1, 0.15) is 6.04 Å². The number of carboxylic acids is 1. The van der Waals surface area contributed by atoms with E-state index in [2.05, 4.69) is 72.8 Å². The molecule has 3 aromatic carbocycles. The van der Waals surface area contributed by atoms with Gasteiger partial charge in [0.15, 0.2) is 0 Å². The maximum absolute atomic E-state index is 11.0. The Morgan fingerprint density at radius 2 is 1.21 bits per heavy atom. The second-order valence-electron chi connectivity index (χ2n) is 6.71. The van der Waals surface area contributed by atoms with Crippen LogP contribution in [-0.2, 0) is 9.54 Å². The largest absolute Gasteiger partial charge is 0.480 e. The van der Waals surface area contributed by atoms with E-state index in [1.54, 1.807) is 0 Å². The van der Waals surface area contributed by atoms with E-state index in [4.69, 9.17) is 10.8 Å². The summed E-state index contributed by atoms with van der Waals surface area (Å²) in [6.07, 6.45) is 1.21. The molecule has 0 saturated heterocycles. The third-order valence-corrected chi connectivity index (χ3v) is 6.47. The van der Waals surface area contributed by atoms with Crippen LogP contribution in [0.1, 0.15) is 29.5 Å². The highest BCUT2D eigenvalue weighted by Crippen LogP contribution is 2.48. The van der Waals surface area contributed by atoms with E-state index < -0.39 is 12.0 Å². The molecule has 0 unspecified atom stereocenters. The lowest BCUT2D eigenvalue weighted by Crippen LogP contribution is -2.30. The van der Waals surface area contributed by atoms with Gasteiger partial charge in [0.25, 0.3) is 0 Å². The Balaban J connectivity index is 2.00. The molecule has 0 fully saturated rings. The predicted octanol–water partition coefficient (Wildman–Crippen LogP) is 4.90. The van der Waals surface area contributed by atoms with Crippen molar-refractivity contribution in [1.82, 2.24) is 0 Å². The van der Waals surface area contributed by atoms with Crippen molar-refractivity contribution in [2.45, 2.75) is 23.6 Å². The molecule has 4 heteroatoms. The van der Waals surface area contributed by atoms with E-state index in [-0.39, 0.29) is 4.75 Å². The molecule has 0 saturated carbocycles. The molecule has 3 N–H and O–H groups in total. The van der Waals surface area contributed by atoms with E-state index in [1.165, 1.54) is 16.7 Å². The van der Waals surface area contributed by atoms with Crippen LogP contribution in [0.5, 0.6) is 0 Å². The number of nitrogens with two attached hydrogens (primary N) is 1. The van der Waals surface area contributed by atoms with Crippen LogP contribution in [-0.4, -0.2) is 22.9 Å². The molecule has 0 radical (unpaired) electrons. The summed E-state index contributed by atoms with van der Waals surface area (Å²) >= 11 is 1.83. The zero-order valence-electron chi connectivity index (χ0n) is 15.7. The Hall–Kier alpha value is -2.56. The molecule has 144 valence electrons. The maximum atomic E-state index is 11.0. The topological polar surface area (TPSA) is 63.3 Å². The van der Waals surface area contributed by atoms with Crippen LogP contribution in [0.25, 0.3) is 0 Å². The summed E-state index contributed by atoms with van der Waals surface area (Å²) in [5.74, 6) is -0.134. The summed E-state index contributed by atoms with van der Waals surface area (Å²) in [7, 11) is 0. The Morgan fingerprint density at radius 3 is 1.57 bits per heavy atom. The number of thioether (sulfide) groups is 1. The van der Waals surface area contributed by atoms with Gasteiger partial charge in [-0.1, -0.05) is 91.0 Å². The van der Waals surface area contributed by atoms with Crippen molar-refractivity contribution in [3.8, 4) is 0 Å². The van der Waals surface area contributed by atoms with Crippen molar-refractivity contribution in [3.05, 3.63) is 108 Å². The van der Waals surface area contributed by atoms with Gasteiger partial charge >= 0.3 is 5.97 Å². The minimum absolute atomic E-state index is 0.364. The van der Waals surface area contributed by atoms with Gasteiger partial charge < -0.3 is 10.8 Å². The van der Waals surface area contributed by atoms with Crippen LogP contribution in [0.3, 0.4) is 0 Å². The van der Waals surface area contributed by atoms with Crippen LogP contribution in [0.2, 0.25) is 0 Å². The van der Waals surface area contributed by atoms with Gasteiger partial charge in [0, 0.05) is 0 Å². The molecule has 0 amide bonds. The SMILES string of the molecule is N[C@@H](CCCSC(c1ccccc1)(c1ccccc1)c1ccccc1)C(=O)O. The first-order valence-electron chi connectivity index (χ1n) is 9.43. The van der Waals surface area contributed by atoms with Crippen molar-refractivity contribution in [1.29, 1.82) is 0 Å². The molecule has 0 aliphatic heterocycles. The molecule has 0 aliphatic carbocycles. The lowest BCUT2D eigenvalue weighted by Gasteiger charge is -2.35. The Morgan fingerprint density at radius 1 is 0.821 bits per heavy atom. The summed E-state index contributed by atoms with van der Waals surface area (Å²) in [6.45, 7) is 0. The molecule has 3 aromatic rings. The van der Waals surface area contributed by atoms with Gasteiger partial charge in [0.2, 0.25) is 0 Å². The molecular formula is C24H25NO2S. The van der Waals surface area contributed by atoms with E-state index in [1.807, 2.05) is 30.0 Å². The Labute approximate surface area is 170 Å².